The second-order valence-electron chi connectivity index (χ2n) is 4.52. The molecule has 1 aromatic carbocycles. The van der Waals surface area contributed by atoms with Gasteiger partial charge >= 0.3 is 0 Å². The normalized spacial score (nSPS) is 18.1. The molecular formula is C13H15N3O5. The van der Waals surface area contributed by atoms with Crippen LogP contribution in [0.5, 0.6) is 0 Å². The number of likely N-dealkylation sites (N-methyl/N-ethyl adjacent to an activating group) is 1. The molecule has 1 amide bonds. The molecule has 2 rings (SSSR count). The lowest BCUT2D eigenvalue weighted by Crippen LogP contribution is -2.53. The van der Waals surface area contributed by atoms with E-state index in [9.17, 15) is 19.7 Å². The van der Waals surface area contributed by atoms with Gasteiger partial charge in [-0.05, 0) is 6.07 Å². The van der Waals surface area contributed by atoms with Gasteiger partial charge in [-0.25, -0.2) is 0 Å². The SMILES string of the molecule is CNC(=O)C1COCCN1c1ccc([N+](=O)[O-])cc1C=O. The second kappa shape index (κ2) is 6.31. The van der Waals surface area contributed by atoms with Gasteiger partial charge in [-0.3, -0.25) is 19.7 Å². The van der Waals surface area contributed by atoms with Crippen molar-refractivity contribution in [1.82, 2.24) is 5.32 Å². The maximum Gasteiger partial charge on any atom is 0.270 e. The zero-order valence-electron chi connectivity index (χ0n) is 11.4. The van der Waals surface area contributed by atoms with Gasteiger partial charge in [0.2, 0.25) is 5.91 Å². The van der Waals surface area contributed by atoms with Crippen LogP contribution in [0.2, 0.25) is 0 Å². The highest BCUT2D eigenvalue weighted by Gasteiger charge is 2.30. The molecule has 1 atom stereocenters. The lowest BCUT2D eigenvalue weighted by molar-refractivity contribution is -0.384. The Balaban J connectivity index is 2.40. The Morgan fingerprint density at radius 2 is 2.33 bits per heavy atom. The van der Waals surface area contributed by atoms with E-state index in [1.54, 1.807) is 4.90 Å². The average Bonchev–Trinajstić information content (AvgIpc) is 2.53. The van der Waals surface area contributed by atoms with Crippen LogP contribution >= 0.6 is 0 Å². The predicted octanol–water partition coefficient (Wildman–Crippen LogP) is 0.358. The average molecular weight is 293 g/mol. The van der Waals surface area contributed by atoms with Gasteiger partial charge in [0.1, 0.15) is 6.04 Å². The van der Waals surface area contributed by atoms with Gasteiger partial charge in [-0.2, -0.15) is 0 Å². The first kappa shape index (κ1) is 14.9. The number of ether oxygens (including phenoxy) is 1. The predicted molar refractivity (Wildman–Crippen MR) is 74.5 cm³/mol. The Morgan fingerprint density at radius 1 is 1.57 bits per heavy atom. The maximum atomic E-state index is 11.9. The number of hydrogen-bond acceptors (Lipinski definition) is 6. The zero-order valence-corrected chi connectivity index (χ0v) is 11.4. The molecule has 21 heavy (non-hydrogen) atoms. The Labute approximate surface area is 120 Å². The highest BCUT2D eigenvalue weighted by Crippen LogP contribution is 2.27. The third-order valence-corrected chi connectivity index (χ3v) is 3.34. The smallest absolute Gasteiger partial charge is 0.270 e. The van der Waals surface area contributed by atoms with E-state index in [1.807, 2.05) is 0 Å². The number of nitro benzene ring substituents is 1. The van der Waals surface area contributed by atoms with Crippen molar-refractivity contribution in [3.8, 4) is 0 Å². The lowest BCUT2D eigenvalue weighted by Gasteiger charge is -2.36. The van der Waals surface area contributed by atoms with Crippen molar-refractivity contribution in [3.05, 3.63) is 33.9 Å². The summed E-state index contributed by atoms with van der Waals surface area (Å²) < 4.78 is 5.29. The molecule has 0 saturated carbocycles. The number of amides is 1. The van der Waals surface area contributed by atoms with E-state index in [2.05, 4.69) is 5.32 Å². The van der Waals surface area contributed by atoms with Crippen LogP contribution < -0.4 is 10.2 Å². The standard InChI is InChI=1S/C13H15N3O5/c1-14-13(18)12-8-21-5-4-15(12)11-3-2-10(16(19)20)6-9(11)7-17/h2-3,6-7,12H,4-5,8H2,1H3,(H,14,18). The van der Waals surface area contributed by atoms with Gasteiger partial charge in [0.25, 0.3) is 5.69 Å². The van der Waals surface area contributed by atoms with Crippen LogP contribution in [0, 0.1) is 10.1 Å². The van der Waals surface area contributed by atoms with Crippen molar-refractivity contribution >= 4 is 23.6 Å². The Bertz CT molecular complexity index is 575. The summed E-state index contributed by atoms with van der Waals surface area (Å²) in [5.41, 5.74) is 0.512. The van der Waals surface area contributed by atoms with E-state index in [4.69, 9.17) is 4.74 Å². The summed E-state index contributed by atoms with van der Waals surface area (Å²) in [4.78, 5) is 35.0. The van der Waals surface area contributed by atoms with Crippen LogP contribution in [-0.2, 0) is 9.53 Å². The molecule has 1 aliphatic heterocycles. The summed E-state index contributed by atoms with van der Waals surface area (Å²) in [6.07, 6.45) is 0.554. The third-order valence-electron chi connectivity index (χ3n) is 3.34. The van der Waals surface area contributed by atoms with E-state index in [-0.39, 0.29) is 23.8 Å². The molecule has 0 aliphatic carbocycles. The van der Waals surface area contributed by atoms with Crippen molar-refractivity contribution in [3.63, 3.8) is 0 Å². The van der Waals surface area contributed by atoms with Crippen molar-refractivity contribution in [2.45, 2.75) is 6.04 Å². The minimum Gasteiger partial charge on any atom is -0.377 e. The Kier molecular flexibility index (Phi) is 4.49. The first-order valence-corrected chi connectivity index (χ1v) is 6.38. The summed E-state index contributed by atoms with van der Waals surface area (Å²) in [5, 5.41) is 13.3. The van der Waals surface area contributed by atoms with Crippen LogP contribution in [0.3, 0.4) is 0 Å². The monoisotopic (exact) mass is 293 g/mol. The molecule has 1 aromatic rings. The first-order valence-electron chi connectivity index (χ1n) is 6.38. The number of nitrogens with one attached hydrogen (secondary N) is 1. The van der Waals surface area contributed by atoms with Gasteiger partial charge in [0, 0.05) is 37.0 Å². The molecule has 0 spiro atoms. The molecule has 0 bridgehead atoms. The number of carbonyl (C=O) groups is 2. The summed E-state index contributed by atoms with van der Waals surface area (Å²) in [6.45, 7) is 1.05. The molecule has 1 unspecified atom stereocenters. The van der Waals surface area contributed by atoms with E-state index >= 15 is 0 Å². The molecule has 0 aromatic heterocycles. The van der Waals surface area contributed by atoms with Gasteiger partial charge in [-0.15, -0.1) is 0 Å². The summed E-state index contributed by atoms with van der Waals surface area (Å²) in [7, 11) is 1.52. The molecule has 8 heteroatoms. The number of aldehydes is 1. The summed E-state index contributed by atoms with van der Waals surface area (Å²) in [6, 6.07) is 3.45. The molecule has 1 aliphatic rings. The largest absolute Gasteiger partial charge is 0.377 e. The molecule has 8 nitrogen and oxygen atoms in total. The van der Waals surface area contributed by atoms with E-state index < -0.39 is 11.0 Å². The number of rotatable bonds is 4. The van der Waals surface area contributed by atoms with Crippen LogP contribution in [0.4, 0.5) is 11.4 Å². The van der Waals surface area contributed by atoms with E-state index in [0.29, 0.717) is 25.1 Å². The van der Waals surface area contributed by atoms with Crippen LogP contribution in [0.25, 0.3) is 0 Å². The first-order chi connectivity index (χ1) is 10.1. The lowest BCUT2D eigenvalue weighted by atomic mass is 10.1. The summed E-state index contributed by atoms with van der Waals surface area (Å²) in [5.74, 6) is -0.232. The quantitative estimate of drug-likeness (QED) is 0.488. The molecule has 0 radical (unpaired) electrons. The summed E-state index contributed by atoms with van der Waals surface area (Å²) >= 11 is 0. The second-order valence-corrected chi connectivity index (χ2v) is 4.52. The number of non-ortho nitro benzene ring substituents is 1. The topological polar surface area (TPSA) is 102 Å². The molecule has 1 heterocycles. The minimum absolute atomic E-state index is 0.161. The minimum atomic E-state index is -0.566. The van der Waals surface area contributed by atoms with Crippen LogP contribution in [0.15, 0.2) is 18.2 Å². The molecule has 1 fully saturated rings. The van der Waals surface area contributed by atoms with E-state index in [0.717, 1.165) is 0 Å². The third kappa shape index (κ3) is 3.00. The number of nitrogens with zero attached hydrogens (tertiary/aromatic N) is 2. The number of anilines is 1. The zero-order chi connectivity index (χ0) is 15.4. The fourth-order valence-electron chi connectivity index (χ4n) is 2.29. The van der Waals surface area contributed by atoms with Gasteiger partial charge < -0.3 is 15.0 Å². The van der Waals surface area contributed by atoms with Crippen LogP contribution in [0.1, 0.15) is 10.4 Å². The number of benzene rings is 1. The molecule has 1 saturated heterocycles. The molecular weight excluding hydrogens is 278 g/mol. The maximum absolute atomic E-state index is 11.9. The Morgan fingerprint density at radius 3 is 2.95 bits per heavy atom. The number of nitro groups is 1. The molecule has 1 N–H and O–H groups in total. The van der Waals surface area contributed by atoms with Crippen molar-refractivity contribution in [2.75, 3.05) is 31.7 Å². The van der Waals surface area contributed by atoms with Crippen molar-refractivity contribution < 1.29 is 19.2 Å². The van der Waals surface area contributed by atoms with E-state index in [1.165, 1.54) is 25.2 Å². The van der Waals surface area contributed by atoms with Crippen molar-refractivity contribution in [2.24, 2.45) is 0 Å². The van der Waals surface area contributed by atoms with Gasteiger partial charge in [0.05, 0.1) is 18.1 Å². The Hall–Kier alpha value is -2.48. The molecule has 112 valence electrons. The van der Waals surface area contributed by atoms with Crippen molar-refractivity contribution in [1.29, 1.82) is 0 Å². The highest BCUT2D eigenvalue weighted by atomic mass is 16.6. The fraction of sp³-hybridized carbons (Fsp3) is 0.385. The highest BCUT2D eigenvalue weighted by molar-refractivity contribution is 5.90. The van der Waals surface area contributed by atoms with Gasteiger partial charge in [-0.1, -0.05) is 0 Å². The van der Waals surface area contributed by atoms with Gasteiger partial charge in [0.15, 0.2) is 6.29 Å². The fourth-order valence-corrected chi connectivity index (χ4v) is 2.29. The number of carbonyl (C=O) groups excluding carboxylic acids is 2. The number of morpholine rings is 1. The number of hydrogen-bond donors (Lipinski definition) is 1. The van der Waals surface area contributed by atoms with Crippen LogP contribution in [-0.4, -0.2) is 50.0 Å².